The van der Waals surface area contributed by atoms with Crippen LogP contribution in [0.4, 0.5) is 10.1 Å². The van der Waals surface area contributed by atoms with Crippen molar-refractivity contribution in [2.45, 2.75) is 45.8 Å². The molecule has 2 aliphatic rings. The molecule has 4 nitrogen and oxygen atoms in total. The van der Waals surface area contributed by atoms with Gasteiger partial charge in [-0.1, -0.05) is 15.9 Å². The second-order valence-electron chi connectivity index (χ2n) is 7.29. The van der Waals surface area contributed by atoms with Crippen molar-refractivity contribution in [3.63, 3.8) is 0 Å². The molecule has 0 N–H and O–H groups in total. The molecule has 1 fully saturated rings. The summed E-state index contributed by atoms with van der Waals surface area (Å²) in [4.78, 5) is 14.1. The van der Waals surface area contributed by atoms with Gasteiger partial charge in [-0.05, 0) is 52.3 Å². The molecule has 0 aromatic heterocycles. The fourth-order valence-electron chi connectivity index (χ4n) is 3.05. The molecule has 3 rings (SSSR count). The highest BCUT2D eigenvalue weighted by atomic mass is 79.9. The van der Waals surface area contributed by atoms with E-state index >= 15 is 4.39 Å². The van der Waals surface area contributed by atoms with Gasteiger partial charge in [-0.2, -0.15) is 0 Å². The molecule has 128 valence electrons. The van der Waals surface area contributed by atoms with Gasteiger partial charge in [-0.15, -0.1) is 0 Å². The third-order valence-corrected chi connectivity index (χ3v) is 5.55. The predicted molar refractivity (Wildman–Crippen MR) is 96.4 cm³/mol. The highest BCUT2D eigenvalue weighted by Gasteiger charge is 2.54. The normalized spacial score (nSPS) is 23.8. The Balaban J connectivity index is 2.13. The summed E-state index contributed by atoms with van der Waals surface area (Å²) in [5.41, 5.74) is 0.161. The first-order valence-corrected chi connectivity index (χ1v) is 8.59. The molecule has 2 heterocycles. The zero-order chi connectivity index (χ0) is 18.0. The largest absolute Gasteiger partial charge is 0.526 e. The minimum atomic E-state index is -1.19. The van der Waals surface area contributed by atoms with Gasteiger partial charge in [0, 0.05) is 17.1 Å². The lowest BCUT2D eigenvalue weighted by molar-refractivity contribution is -0.112. The molecule has 1 aromatic carbocycles. The zero-order valence-electron chi connectivity index (χ0n) is 14.7. The maximum Gasteiger partial charge on any atom is 0.526 e. The molecule has 0 spiro atoms. The SMILES string of the molecule is Cc1cc(Br)cc2c1N(C)C(=O)C2=C(F)B1OC(C)(C)C(C)(C)O1. The van der Waals surface area contributed by atoms with E-state index in [2.05, 4.69) is 15.9 Å². The number of carbonyl (C=O) groups excluding carboxylic acids is 1. The first-order chi connectivity index (χ1) is 11.0. The Hall–Kier alpha value is -1.18. The number of hydrogen-bond acceptors (Lipinski definition) is 3. The van der Waals surface area contributed by atoms with Crippen LogP contribution in [-0.4, -0.2) is 31.3 Å². The van der Waals surface area contributed by atoms with Gasteiger partial charge in [0.25, 0.3) is 5.91 Å². The van der Waals surface area contributed by atoms with Gasteiger partial charge in [0.05, 0.1) is 22.5 Å². The topological polar surface area (TPSA) is 38.8 Å². The summed E-state index contributed by atoms with van der Waals surface area (Å²) in [6.07, 6.45) is 0. The minimum Gasteiger partial charge on any atom is -0.398 e. The Morgan fingerprint density at radius 3 is 2.29 bits per heavy atom. The summed E-state index contributed by atoms with van der Waals surface area (Å²) in [5.74, 6) is -0.390. The zero-order valence-corrected chi connectivity index (χ0v) is 16.2. The summed E-state index contributed by atoms with van der Waals surface area (Å²) in [6, 6.07) is 3.65. The van der Waals surface area contributed by atoms with E-state index in [1.54, 1.807) is 13.1 Å². The number of aryl methyl sites for hydroxylation is 1. The number of halogens is 2. The number of benzene rings is 1. The lowest BCUT2D eigenvalue weighted by atomic mass is 9.83. The number of fused-ring (bicyclic) bond motifs is 1. The van der Waals surface area contributed by atoms with Gasteiger partial charge >= 0.3 is 7.12 Å². The van der Waals surface area contributed by atoms with E-state index in [9.17, 15) is 4.79 Å². The maximum absolute atomic E-state index is 15.2. The van der Waals surface area contributed by atoms with Crippen LogP contribution < -0.4 is 4.90 Å². The van der Waals surface area contributed by atoms with Crippen molar-refractivity contribution in [3.05, 3.63) is 33.5 Å². The Morgan fingerprint density at radius 2 is 1.75 bits per heavy atom. The highest BCUT2D eigenvalue weighted by Crippen LogP contribution is 2.45. The van der Waals surface area contributed by atoms with Crippen molar-refractivity contribution in [2.24, 2.45) is 0 Å². The van der Waals surface area contributed by atoms with E-state index < -0.39 is 30.0 Å². The van der Waals surface area contributed by atoms with Crippen molar-refractivity contribution in [2.75, 3.05) is 11.9 Å². The van der Waals surface area contributed by atoms with Crippen LogP contribution >= 0.6 is 15.9 Å². The van der Waals surface area contributed by atoms with Crippen LogP contribution in [-0.2, 0) is 14.1 Å². The Morgan fingerprint density at radius 1 is 1.21 bits per heavy atom. The Bertz CT molecular complexity index is 759. The molecular weight excluding hydrogens is 376 g/mol. The van der Waals surface area contributed by atoms with Crippen LogP contribution in [0.3, 0.4) is 0 Å². The van der Waals surface area contributed by atoms with Crippen LogP contribution in [0.5, 0.6) is 0 Å². The van der Waals surface area contributed by atoms with Crippen LogP contribution in [0.15, 0.2) is 22.3 Å². The van der Waals surface area contributed by atoms with Crippen molar-refractivity contribution in [3.8, 4) is 0 Å². The number of amides is 1. The van der Waals surface area contributed by atoms with Crippen molar-refractivity contribution >= 4 is 40.2 Å². The van der Waals surface area contributed by atoms with E-state index in [1.807, 2.05) is 40.7 Å². The van der Waals surface area contributed by atoms with E-state index in [0.717, 1.165) is 10.0 Å². The standard InChI is InChI=1S/C17H20BBrFNO3/c1-9-7-10(19)8-11-12(15(22)21(6)13(9)11)14(20)18-23-16(2,3)17(4,5)24-18/h7-8H,1-6H3. The lowest BCUT2D eigenvalue weighted by Gasteiger charge is -2.32. The fraction of sp³-hybridized carbons (Fsp3) is 0.471. The number of hydrogen-bond donors (Lipinski definition) is 0. The average Bonchev–Trinajstić information content (AvgIpc) is 2.80. The van der Waals surface area contributed by atoms with E-state index in [-0.39, 0.29) is 5.57 Å². The van der Waals surface area contributed by atoms with Crippen LogP contribution in [0, 0.1) is 6.92 Å². The minimum absolute atomic E-state index is 0.00963. The molecule has 0 saturated carbocycles. The monoisotopic (exact) mass is 395 g/mol. The van der Waals surface area contributed by atoms with E-state index in [4.69, 9.17) is 9.31 Å². The molecule has 0 aliphatic carbocycles. The van der Waals surface area contributed by atoms with Gasteiger partial charge < -0.3 is 14.2 Å². The molecule has 0 bridgehead atoms. The number of anilines is 1. The van der Waals surface area contributed by atoms with Gasteiger partial charge in [-0.3, -0.25) is 4.79 Å². The van der Waals surface area contributed by atoms with Gasteiger partial charge in [0.15, 0.2) is 0 Å². The molecule has 24 heavy (non-hydrogen) atoms. The van der Waals surface area contributed by atoms with E-state index in [0.29, 0.717) is 11.3 Å². The summed E-state index contributed by atoms with van der Waals surface area (Å²) in [7, 11) is 0.458. The quantitative estimate of drug-likeness (QED) is 0.532. The second-order valence-corrected chi connectivity index (χ2v) is 8.21. The Labute approximate surface area is 150 Å². The van der Waals surface area contributed by atoms with Crippen LogP contribution in [0.25, 0.3) is 5.57 Å². The number of likely N-dealkylation sites (N-methyl/N-ethyl adjacent to an activating group) is 1. The number of rotatable bonds is 1. The smallest absolute Gasteiger partial charge is 0.398 e. The molecule has 1 aromatic rings. The molecule has 0 radical (unpaired) electrons. The average molecular weight is 396 g/mol. The Kier molecular flexibility index (Phi) is 3.98. The molecule has 2 aliphatic heterocycles. The first kappa shape index (κ1) is 17.6. The number of nitrogens with zero attached hydrogens (tertiary/aromatic N) is 1. The summed E-state index contributed by atoms with van der Waals surface area (Å²) in [6.45, 7) is 9.29. The number of carbonyl (C=O) groups is 1. The molecule has 0 unspecified atom stereocenters. The van der Waals surface area contributed by atoms with Gasteiger partial charge in [-0.25, -0.2) is 4.39 Å². The van der Waals surface area contributed by atoms with Crippen LogP contribution in [0.1, 0.15) is 38.8 Å². The third kappa shape index (κ3) is 2.45. The summed E-state index contributed by atoms with van der Waals surface area (Å²) in [5, 5.41) is 0. The van der Waals surface area contributed by atoms with E-state index in [1.165, 1.54) is 4.90 Å². The van der Waals surface area contributed by atoms with Gasteiger partial charge in [0.1, 0.15) is 5.73 Å². The molecule has 0 atom stereocenters. The van der Waals surface area contributed by atoms with Crippen molar-refractivity contribution < 1.29 is 18.5 Å². The molecule has 7 heteroatoms. The van der Waals surface area contributed by atoms with Crippen molar-refractivity contribution in [1.29, 1.82) is 0 Å². The highest BCUT2D eigenvalue weighted by molar-refractivity contribution is 9.10. The summed E-state index contributed by atoms with van der Waals surface area (Å²) >= 11 is 3.41. The molecular formula is C17H20BBrFNO3. The fourth-order valence-corrected chi connectivity index (χ4v) is 3.62. The molecule has 1 amide bonds. The van der Waals surface area contributed by atoms with Crippen molar-refractivity contribution in [1.82, 2.24) is 0 Å². The summed E-state index contributed by atoms with van der Waals surface area (Å²) < 4.78 is 27.5. The maximum atomic E-state index is 15.2. The molecule has 1 saturated heterocycles. The third-order valence-electron chi connectivity index (χ3n) is 5.09. The van der Waals surface area contributed by atoms with Crippen LogP contribution in [0.2, 0.25) is 0 Å². The lowest BCUT2D eigenvalue weighted by Crippen LogP contribution is -2.41. The predicted octanol–water partition coefficient (Wildman–Crippen LogP) is 4.05. The van der Waals surface area contributed by atoms with Gasteiger partial charge in [0.2, 0.25) is 0 Å². The first-order valence-electron chi connectivity index (χ1n) is 7.80. The second kappa shape index (κ2) is 5.41.